The molecule has 0 aliphatic rings. The molecule has 0 saturated carbocycles. The number of benzene rings is 2. The second-order valence-electron chi connectivity index (χ2n) is 4.53. The minimum absolute atomic E-state index is 0.0117. The van der Waals surface area contributed by atoms with E-state index in [0.29, 0.717) is 6.07 Å². The number of halogens is 5. The maximum atomic E-state index is 13.4. The smallest absolute Gasteiger partial charge is 0.331 e. The molecule has 0 aliphatic carbocycles. The summed E-state index contributed by atoms with van der Waals surface area (Å²) >= 11 is 4.83. The maximum absolute atomic E-state index is 13.4. The third kappa shape index (κ3) is 4.72. The molecule has 0 fully saturated rings. The van der Waals surface area contributed by atoms with Crippen LogP contribution in [0.3, 0.4) is 0 Å². The highest BCUT2D eigenvalue weighted by Gasteiger charge is 2.33. The largest absolute Gasteiger partial charge is 0.418 e. The van der Waals surface area contributed by atoms with E-state index in [1.54, 1.807) is 0 Å². The number of rotatable bonds is 3. The van der Waals surface area contributed by atoms with Crippen LogP contribution in [0.5, 0.6) is 0 Å². The summed E-state index contributed by atoms with van der Waals surface area (Å²) in [5.74, 6) is -1.57. The van der Waals surface area contributed by atoms with Crippen molar-refractivity contribution >= 4 is 29.2 Å². The van der Waals surface area contributed by atoms with Crippen LogP contribution < -0.4 is 10.7 Å². The van der Waals surface area contributed by atoms with E-state index in [1.807, 2.05) is 0 Å². The predicted octanol–water partition coefficient (Wildman–Crippen LogP) is 4.30. The number of hydrogen-bond donors (Lipinski definition) is 2. The van der Waals surface area contributed by atoms with Gasteiger partial charge < -0.3 is 5.32 Å². The SMILES string of the molecule is Fc1ccc(C=NNC(=S)Nc2ccccc2C(F)(F)F)c(F)c1. The van der Waals surface area contributed by atoms with E-state index in [0.717, 1.165) is 24.4 Å². The number of anilines is 1. The van der Waals surface area contributed by atoms with Gasteiger partial charge in [0.1, 0.15) is 11.6 Å². The second kappa shape index (κ2) is 7.35. The lowest BCUT2D eigenvalue weighted by atomic mass is 10.2. The van der Waals surface area contributed by atoms with Crippen molar-refractivity contribution < 1.29 is 22.0 Å². The van der Waals surface area contributed by atoms with Gasteiger partial charge in [-0.3, -0.25) is 5.43 Å². The molecule has 0 aliphatic heterocycles. The first-order valence-electron chi connectivity index (χ1n) is 6.48. The number of alkyl halides is 3. The summed E-state index contributed by atoms with van der Waals surface area (Å²) in [5.41, 5.74) is 1.12. The number of hydrogen-bond acceptors (Lipinski definition) is 2. The van der Waals surface area contributed by atoms with Crippen LogP contribution in [0, 0.1) is 11.6 Å². The molecule has 0 heterocycles. The Labute approximate surface area is 139 Å². The maximum Gasteiger partial charge on any atom is 0.418 e. The van der Waals surface area contributed by atoms with E-state index in [9.17, 15) is 22.0 Å². The molecule has 126 valence electrons. The van der Waals surface area contributed by atoms with Crippen molar-refractivity contribution in [1.29, 1.82) is 0 Å². The van der Waals surface area contributed by atoms with Crippen LogP contribution in [-0.4, -0.2) is 11.3 Å². The van der Waals surface area contributed by atoms with Gasteiger partial charge >= 0.3 is 6.18 Å². The zero-order valence-electron chi connectivity index (χ0n) is 11.9. The molecule has 24 heavy (non-hydrogen) atoms. The first kappa shape index (κ1) is 17.8. The van der Waals surface area contributed by atoms with Crippen LogP contribution in [0.25, 0.3) is 0 Å². The number of hydrazone groups is 1. The molecule has 2 rings (SSSR count). The van der Waals surface area contributed by atoms with Gasteiger partial charge in [-0.2, -0.15) is 18.3 Å². The average molecular weight is 359 g/mol. The van der Waals surface area contributed by atoms with E-state index in [4.69, 9.17) is 12.2 Å². The molecule has 0 radical (unpaired) electrons. The van der Waals surface area contributed by atoms with Crippen molar-refractivity contribution in [2.75, 3.05) is 5.32 Å². The molecule has 0 bridgehead atoms. The monoisotopic (exact) mass is 359 g/mol. The van der Waals surface area contributed by atoms with E-state index < -0.39 is 23.4 Å². The van der Waals surface area contributed by atoms with Crippen LogP contribution in [-0.2, 0) is 6.18 Å². The van der Waals surface area contributed by atoms with E-state index in [2.05, 4.69) is 15.8 Å². The Kier molecular flexibility index (Phi) is 5.45. The Hall–Kier alpha value is -2.55. The van der Waals surface area contributed by atoms with Gasteiger partial charge in [0.25, 0.3) is 0 Å². The number of para-hydroxylation sites is 1. The summed E-state index contributed by atoms with van der Waals surface area (Å²) < 4.78 is 64.7. The fraction of sp³-hybridized carbons (Fsp3) is 0.0667. The molecule has 2 aromatic rings. The number of thiocarbonyl (C=S) groups is 1. The van der Waals surface area contributed by atoms with E-state index >= 15 is 0 Å². The Morgan fingerprint density at radius 3 is 2.46 bits per heavy atom. The van der Waals surface area contributed by atoms with Gasteiger partial charge in [-0.25, -0.2) is 8.78 Å². The Bertz CT molecular complexity index is 774. The molecular formula is C15H10F5N3S. The predicted molar refractivity (Wildman–Crippen MR) is 84.8 cm³/mol. The quantitative estimate of drug-likeness (QED) is 0.371. The molecule has 0 spiro atoms. The summed E-state index contributed by atoms with van der Waals surface area (Å²) in [6.45, 7) is 0. The van der Waals surface area contributed by atoms with Crippen molar-refractivity contribution in [3.8, 4) is 0 Å². The van der Waals surface area contributed by atoms with Crippen LogP contribution in [0.4, 0.5) is 27.6 Å². The van der Waals surface area contributed by atoms with Gasteiger partial charge in [0, 0.05) is 11.6 Å². The van der Waals surface area contributed by atoms with Gasteiger partial charge in [-0.05, 0) is 36.5 Å². The van der Waals surface area contributed by atoms with Crippen LogP contribution >= 0.6 is 12.2 Å². The average Bonchev–Trinajstić information content (AvgIpc) is 2.49. The third-order valence-corrected chi connectivity index (χ3v) is 3.01. The lowest BCUT2D eigenvalue weighted by molar-refractivity contribution is -0.136. The third-order valence-electron chi connectivity index (χ3n) is 2.81. The highest BCUT2D eigenvalue weighted by molar-refractivity contribution is 7.80. The van der Waals surface area contributed by atoms with Crippen LogP contribution in [0.1, 0.15) is 11.1 Å². The summed E-state index contributed by atoms with van der Waals surface area (Å²) in [6.07, 6.45) is -3.52. The molecule has 0 saturated heterocycles. The molecule has 2 aromatic carbocycles. The molecular weight excluding hydrogens is 349 g/mol. The van der Waals surface area contributed by atoms with Crippen molar-refractivity contribution in [3.05, 3.63) is 65.2 Å². The molecule has 0 unspecified atom stereocenters. The van der Waals surface area contributed by atoms with Crippen molar-refractivity contribution in [3.63, 3.8) is 0 Å². The van der Waals surface area contributed by atoms with Gasteiger partial charge in [0.05, 0.1) is 17.5 Å². The van der Waals surface area contributed by atoms with Gasteiger partial charge in [-0.15, -0.1) is 0 Å². The van der Waals surface area contributed by atoms with Crippen molar-refractivity contribution in [2.24, 2.45) is 5.10 Å². The molecule has 0 atom stereocenters. The molecule has 2 N–H and O–H groups in total. The second-order valence-corrected chi connectivity index (χ2v) is 4.94. The number of nitrogens with zero attached hydrogens (tertiary/aromatic N) is 1. The summed E-state index contributed by atoms with van der Waals surface area (Å²) in [5, 5.41) is 5.74. The standard InChI is InChI=1S/C15H10F5N3S/c16-10-6-5-9(12(17)7-10)8-21-23-14(24)22-13-4-2-1-3-11(13)15(18,19)20/h1-8H,(H2,22,23,24). The van der Waals surface area contributed by atoms with Crippen LogP contribution in [0.15, 0.2) is 47.6 Å². The first-order chi connectivity index (χ1) is 11.3. The zero-order valence-corrected chi connectivity index (χ0v) is 12.7. The van der Waals surface area contributed by atoms with Crippen molar-refractivity contribution in [1.82, 2.24) is 5.43 Å². The summed E-state index contributed by atoms with van der Waals surface area (Å²) in [4.78, 5) is 0. The lowest BCUT2D eigenvalue weighted by Crippen LogP contribution is -2.25. The lowest BCUT2D eigenvalue weighted by Gasteiger charge is -2.14. The first-order valence-corrected chi connectivity index (χ1v) is 6.89. The molecule has 9 heteroatoms. The van der Waals surface area contributed by atoms with Gasteiger partial charge in [0.15, 0.2) is 5.11 Å². The Balaban J connectivity index is 2.03. The van der Waals surface area contributed by atoms with Crippen LogP contribution in [0.2, 0.25) is 0 Å². The van der Waals surface area contributed by atoms with Crippen molar-refractivity contribution in [2.45, 2.75) is 6.18 Å². The number of nitrogens with one attached hydrogen (secondary N) is 2. The van der Waals surface area contributed by atoms with Gasteiger partial charge in [-0.1, -0.05) is 12.1 Å². The molecule has 0 aromatic heterocycles. The van der Waals surface area contributed by atoms with Gasteiger partial charge in [0.2, 0.25) is 0 Å². The van der Waals surface area contributed by atoms with E-state index in [-0.39, 0.29) is 16.4 Å². The topological polar surface area (TPSA) is 36.4 Å². The zero-order chi connectivity index (χ0) is 17.7. The van der Waals surface area contributed by atoms with E-state index in [1.165, 1.54) is 18.2 Å². The normalized spacial score (nSPS) is 11.5. The minimum atomic E-state index is -4.54. The highest BCUT2D eigenvalue weighted by atomic mass is 32.1. The molecule has 0 amide bonds. The minimum Gasteiger partial charge on any atom is -0.331 e. The fourth-order valence-electron chi connectivity index (χ4n) is 1.76. The Morgan fingerprint density at radius 1 is 1.08 bits per heavy atom. The Morgan fingerprint density at radius 2 is 1.79 bits per heavy atom. The summed E-state index contributed by atoms with van der Waals surface area (Å²) in [6, 6.07) is 7.66. The fourth-order valence-corrected chi connectivity index (χ4v) is 1.92. The summed E-state index contributed by atoms with van der Waals surface area (Å²) in [7, 11) is 0. The molecule has 3 nitrogen and oxygen atoms in total. The highest BCUT2D eigenvalue weighted by Crippen LogP contribution is 2.34.